The summed E-state index contributed by atoms with van der Waals surface area (Å²) >= 11 is 5.97. The fourth-order valence-corrected chi connectivity index (χ4v) is 2.91. The first kappa shape index (κ1) is 14.1. The summed E-state index contributed by atoms with van der Waals surface area (Å²) in [7, 11) is 1.83. The third kappa shape index (κ3) is 3.10. The van der Waals surface area contributed by atoms with Gasteiger partial charge < -0.3 is 9.88 Å². The molecule has 0 aliphatic heterocycles. The van der Waals surface area contributed by atoms with Crippen LogP contribution in [0, 0.1) is 5.92 Å². The van der Waals surface area contributed by atoms with E-state index in [1.54, 1.807) is 4.90 Å². The van der Waals surface area contributed by atoms with Crippen molar-refractivity contribution in [2.45, 2.75) is 25.8 Å². The van der Waals surface area contributed by atoms with Gasteiger partial charge in [0.05, 0.1) is 17.6 Å². The van der Waals surface area contributed by atoms with Crippen molar-refractivity contribution in [2.75, 3.05) is 7.05 Å². The Kier molecular flexibility index (Phi) is 3.97. The summed E-state index contributed by atoms with van der Waals surface area (Å²) in [4.78, 5) is 21.9. The van der Waals surface area contributed by atoms with Gasteiger partial charge in [-0.15, -0.1) is 0 Å². The van der Waals surface area contributed by atoms with E-state index in [9.17, 15) is 4.79 Å². The fourth-order valence-electron chi connectivity index (χ4n) is 2.74. The number of hydrogen-bond donors (Lipinski definition) is 1. The second-order valence-electron chi connectivity index (χ2n) is 5.52. The van der Waals surface area contributed by atoms with Gasteiger partial charge in [0.1, 0.15) is 5.82 Å². The average Bonchev–Trinajstić information content (AvgIpc) is 2.88. The lowest BCUT2D eigenvalue weighted by molar-refractivity contribution is -0.135. The summed E-state index contributed by atoms with van der Waals surface area (Å²) in [5.41, 5.74) is 1.77. The molecular formula is C16H18ClN3O. The molecule has 0 saturated heterocycles. The van der Waals surface area contributed by atoms with Crippen LogP contribution in [0.5, 0.6) is 0 Å². The second kappa shape index (κ2) is 5.90. The number of benzene rings is 1. The molecule has 0 fully saturated rings. The Bertz CT molecular complexity index is 692. The van der Waals surface area contributed by atoms with Crippen LogP contribution in [-0.2, 0) is 11.3 Å². The zero-order valence-corrected chi connectivity index (χ0v) is 12.7. The zero-order chi connectivity index (χ0) is 14.8. The number of imidazole rings is 1. The molecule has 1 aromatic carbocycles. The highest BCUT2D eigenvalue weighted by molar-refractivity contribution is 6.31. The summed E-state index contributed by atoms with van der Waals surface area (Å²) in [5.74, 6) is 1.09. The molecule has 21 heavy (non-hydrogen) atoms. The van der Waals surface area contributed by atoms with E-state index >= 15 is 0 Å². The van der Waals surface area contributed by atoms with Gasteiger partial charge in [-0.25, -0.2) is 4.98 Å². The predicted octanol–water partition coefficient (Wildman–Crippen LogP) is 3.53. The van der Waals surface area contributed by atoms with Crippen molar-refractivity contribution in [3.8, 4) is 0 Å². The Morgan fingerprint density at radius 1 is 1.48 bits per heavy atom. The van der Waals surface area contributed by atoms with E-state index < -0.39 is 0 Å². The van der Waals surface area contributed by atoms with E-state index in [0.717, 1.165) is 36.1 Å². The molecule has 1 N–H and O–H groups in total. The van der Waals surface area contributed by atoms with Gasteiger partial charge in [-0.05, 0) is 37.5 Å². The van der Waals surface area contributed by atoms with Gasteiger partial charge in [0, 0.05) is 18.0 Å². The van der Waals surface area contributed by atoms with Crippen LogP contribution in [0.1, 0.15) is 25.1 Å². The van der Waals surface area contributed by atoms with Gasteiger partial charge in [0.15, 0.2) is 0 Å². The van der Waals surface area contributed by atoms with Crippen molar-refractivity contribution in [1.29, 1.82) is 0 Å². The van der Waals surface area contributed by atoms with Crippen molar-refractivity contribution in [3.05, 3.63) is 41.2 Å². The number of nitrogens with zero attached hydrogens (tertiary/aromatic N) is 2. The lowest BCUT2D eigenvalue weighted by Crippen LogP contribution is -2.33. The Morgan fingerprint density at radius 2 is 2.33 bits per heavy atom. The Hall–Kier alpha value is -1.81. The molecule has 0 saturated carbocycles. The maximum atomic E-state index is 12.4. The quantitative estimate of drug-likeness (QED) is 0.882. The van der Waals surface area contributed by atoms with E-state index in [1.807, 2.05) is 25.2 Å². The lowest BCUT2D eigenvalue weighted by atomic mass is 9.93. The second-order valence-corrected chi connectivity index (χ2v) is 5.96. The smallest absolute Gasteiger partial charge is 0.226 e. The van der Waals surface area contributed by atoms with Crippen molar-refractivity contribution in [3.63, 3.8) is 0 Å². The minimum Gasteiger partial charge on any atom is -0.340 e. The zero-order valence-electron chi connectivity index (χ0n) is 12.0. The van der Waals surface area contributed by atoms with E-state index in [-0.39, 0.29) is 11.8 Å². The minimum atomic E-state index is 0.110. The van der Waals surface area contributed by atoms with Crippen LogP contribution in [0.2, 0.25) is 5.02 Å². The number of aromatic nitrogens is 2. The topological polar surface area (TPSA) is 49.0 Å². The largest absolute Gasteiger partial charge is 0.340 e. The highest BCUT2D eigenvalue weighted by Gasteiger charge is 2.22. The molecule has 1 aliphatic rings. The molecule has 1 atom stereocenters. The highest BCUT2D eigenvalue weighted by Crippen LogP contribution is 2.21. The molecule has 1 heterocycles. The third-order valence-corrected chi connectivity index (χ3v) is 4.11. The van der Waals surface area contributed by atoms with Crippen LogP contribution in [0.25, 0.3) is 11.0 Å². The van der Waals surface area contributed by atoms with Crippen LogP contribution in [0.4, 0.5) is 0 Å². The van der Waals surface area contributed by atoms with Crippen molar-refractivity contribution in [1.82, 2.24) is 14.9 Å². The van der Waals surface area contributed by atoms with Crippen LogP contribution >= 0.6 is 11.6 Å². The molecule has 4 nitrogen and oxygen atoms in total. The number of nitrogens with one attached hydrogen (secondary N) is 1. The first-order valence-corrected chi connectivity index (χ1v) is 7.55. The molecule has 0 spiro atoms. The minimum absolute atomic E-state index is 0.110. The SMILES string of the molecule is CN(Cc1nc2ccc(Cl)cc2[nH]1)C(=O)C1CC=CCC1. The molecule has 1 aromatic heterocycles. The monoisotopic (exact) mass is 303 g/mol. The number of carbonyl (C=O) groups is 1. The third-order valence-electron chi connectivity index (χ3n) is 3.87. The number of H-pyrrole nitrogens is 1. The molecule has 5 heteroatoms. The van der Waals surface area contributed by atoms with Crippen LogP contribution in [0.3, 0.4) is 0 Å². The highest BCUT2D eigenvalue weighted by atomic mass is 35.5. The summed E-state index contributed by atoms with van der Waals surface area (Å²) in [5, 5.41) is 0.677. The van der Waals surface area contributed by atoms with Gasteiger partial charge in [0.25, 0.3) is 0 Å². The molecule has 0 bridgehead atoms. The van der Waals surface area contributed by atoms with E-state index in [0.29, 0.717) is 11.6 Å². The number of fused-ring (bicyclic) bond motifs is 1. The first-order chi connectivity index (χ1) is 10.1. The van der Waals surface area contributed by atoms with Crippen molar-refractivity contribution >= 4 is 28.5 Å². The van der Waals surface area contributed by atoms with Gasteiger partial charge in [-0.2, -0.15) is 0 Å². The fraction of sp³-hybridized carbons (Fsp3) is 0.375. The van der Waals surface area contributed by atoms with E-state index in [4.69, 9.17) is 11.6 Å². The summed E-state index contributed by atoms with van der Waals surface area (Å²) in [6.07, 6.45) is 7.03. The summed E-state index contributed by atoms with van der Waals surface area (Å²) < 4.78 is 0. The molecule has 110 valence electrons. The van der Waals surface area contributed by atoms with Crippen molar-refractivity contribution in [2.24, 2.45) is 5.92 Å². The number of halogens is 1. The molecule has 1 aliphatic carbocycles. The molecule has 1 amide bonds. The predicted molar refractivity (Wildman–Crippen MR) is 84.1 cm³/mol. The van der Waals surface area contributed by atoms with Crippen LogP contribution in [-0.4, -0.2) is 27.8 Å². The number of hydrogen-bond acceptors (Lipinski definition) is 2. The van der Waals surface area contributed by atoms with E-state index in [1.165, 1.54) is 0 Å². The number of amides is 1. The average molecular weight is 304 g/mol. The molecule has 0 radical (unpaired) electrons. The normalized spacial score (nSPS) is 18.1. The van der Waals surface area contributed by atoms with E-state index in [2.05, 4.69) is 22.1 Å². The number of carbonyl (C=O) groups excluding carboxylic acids is 1. The first-order valence-electron chi connectivity index (χ1n) is 7.17. The standard InChI is InChI=1S/C16H18ClN3O/c1-20(16(21)11-5-3-2-4-6-11)10-15-18-13-8-7-12(17)9-14(13)19-15/h2-3,7-9,11H,4-6,10H2,1H3,(H,18,19). The number of aromatic amines is 1. The molecule has 1 unspecified atom stereocenters. The van der Waals surface area contributed by atoms with Crippen LogP contribution < -0.4 is 0 Å². The number of allylic oxidation sites excluding steroid dienone is 2. The lowest BCUT2D eigenvalue weighted by Gasteiger charge is -2.23. The Morgan fingerprint density at radius 3 is 3.10 bits per heavy atom. The van der Waals surface area contributed by atoms with Gasteiger partial charge in [-0.1, -0.05) is 23.8 Å². The van der Waals surface area contributed by atoms with Crippen molar-refractivity contribution < 1.29 is 4.79 Å². The summed E-state index contributed by atoms with van der Waals surface area (Å²) in [6, 6.07) is 5.55. The molecule has 2 aromatic rings. The van der Waals surface area contributed by atoms with Gasteiger partial charge in [0.2, 0.25) is 5.91 Å². The summed E-state index contributed by atoms with van der Waals surface area (Å²) in [6.45, 7) is 0.491. The molecule has 3 rings (SSSR count). The van der Waals surface area contributed by atoms with Crippen LogP contribution in [0.15, 0.2) is 30.4 Å². The maximum Gasteiger partial charge on any atom is 0.226 e. The Labute approximate surface area is 128 Å². The van der Waals surface area contributed by atoms with Gasteiger partial charge >= 0.3 is 0 Å². The molecular weight excluding hydrogens is 286 g/mol. The van der Waals surface area contributed by atoms with Gasteiger partial charge in [-0.3, -0.25) is 4.79 Å². The Balaban J connectivity index is 1.71. The maximum absolute atomic E-state index is 12.4. The number of rotatable bonds is 3.